The molecule has 0 fully saturated rings. The summed E-state index contributed by atoms with van der Waals surface area (Å²) < 4.78 is 0. The molecule has 1 aromatic rings. The van der Waals surface area contributed by atoms with E-state index in [1.165, 1.54) is 0 Å². The van der Waals surface area contributed by atoms with Crippen LogP contribution in [0, 0.1) is 0 Å². The van der Waals surface area contributed by atoms with Gasteiger partial charge in [-0.3, -0.25) is 4.99 Å². The lowest BCUT2D eigenvalue weighted by Gasteiger charge is -2.21. The van der Waals surface area contributed by atoms with Crippen LogP contribution in [0.4, 0.5) is 5.69 Å². The molecule has 0 radical (unpaired) electrons. The van der Waals surface area contributed by atoms with E-state index in [1.54, 1.807) is 17.8 Å². The molecule has 2 aliphatic rings. The van der Waals surface area contributed by atoms with Crippen LogP contribution in [-0.4, -0.2) is 41.5 Å². The predicted octanol–water partition coefficient (Wildman–Crippen LogP) is 1.89. The highest BCUT2D eigenvalue weighted by atomic mass is 32.2. The maximum Gasteiger partial charge on any atom is 0.336 e. The molecule has 18 heavy (non-hydrogen) atoms. The molecule has 3 rings (SSSR count). The van der Waals surface area contributed by atoms with Gasteiger partial charge in [-0.1, -0.05) is 6.07 Å². The van der Waals surface area contributed by atoms with E-state index < -0.39 is 5.97 Å². The summed E-state index contributed by atoms with van der Waals surface area (Å²) >= 11 is 1.74. The Morgan fingerprint density at radius 3 is 3.17 bits per heavy atom. The Morgan fingerprint density at radius 2 is 2.44 bits per heavy atom. The number of aliphatic imine (C=N–C) groups is 1. The largest absolute Gasteiger partial charge is 0.478 e. The number of nitrogens with zero attached hydrogens (tertiary/aromatic N) is 2. The van der Waals surface area contributed by atoms with Gasteiger partial charge >= 0.3 is 5.97 Å². The number of benzene rings is 1. The topological polar surface area (TPSA) is 52.9 Å². The standard InChI is InChI=1S/C13H14N2O2S/c16-13(17)11-2-1-3-12-10(11)4-5-15(12)6-9-7-18-8-14-9/h1-3,8-9H,4-7H2,(H,16,17). The monoisotopic (exact) mass is 262 g/mol. The summed E-state index contributed by atoms with van der Waals surface area (Å²) in [5, 5.41) is 9.17. The van der Waals surface area contributed by atoms with Crippen molar-refractivity contribution in [2.75, 3.05) is 23.7 Å². The van der Waals surface area contributed by atoms with E-state index in [2.05, 4.69) is 9.89 Å². The summed E-state index contributed by atoms with van der Waals surface area (Å²) in [4.78, 5) is 17.8. The third-order valence-corrected chi connectivity index (χ3v) is 4.27. The van der Waals surface area contributed by atoms with Crippen molar-refractivity contribution in [3.05, 3.63) is 29.3 Å². The van der Waals surface area contributed by atoms with Gasteiger partial charge in [0.05, 0.1) is 17.2 Å². The van der Waals surface area contributed by atoms with Crippen LogP contribution in [-0.2, 0) is 6.42 Å². The van der Waals surface area contributed by atoms with Crippen LogP contribution in [0.3, 0.4) is 0 Å². The number of hydrogen-bond donors (Lipinski definition) is 1. The Labute approximate surface area is 110 Å². The second-order valence-corrected chi connectivity index (χ2v) is 5.42. The van der Waals surface area contributed by atoms with Crippen molar-refractivity contribution in [1.29, 1.82) is 0 Å². The van der Waals surface area contributed by atoms with E-state index in [-0.39, 0.29) is 0 Å². The van der Waals surface area contributed by atoms with Crippen molar-refractivity contribution < 1.29 is 9.90 Å². The molecule has 0 saturated carbocycles. The Morgan fingerprint density at radius 1 is 1.56 bits per heavy atom. The molecule has 1 atom stereocenters. The van der Waals surface area contributed by atoms with Crippen LogP contribution in [0.5, 0.6) is 0 Å². The molecule has 2 aliphatic heterocycles. The Bertz CT molecular complexity index is 516. The van der Waals surface area contributed by atoms with Gasteiger partial charge in [-0.25, -0.2) is 4.79 Å². The zero-order chi connectivity index (χ0) is 12.5. The molecular weight excluding hydrogens is 248 g/mol. The van der Waals surface area contributed by atoms with Crippen LogP contribution in [0.25, 0.3) is 0 Å². The fraction of sp³-hybridized carbons (Fsp3) is 0.385. The number of carboxylic acids is 1. The van der Waals surface area contributed by atoms with E-state index in [4.69, 9.17) is 0 Å². The van der Waals surface area contributed by atoms with Gasteiger partial charge in [-0.2, -0.15) is 0 Å². The molecule has 0 amide bonds. The van der Waals surface area contributed by atoms with Crippen LogP contribution in [0.1, 0.15) is 15.9 Å². The van der Waals surface area contributed by atoms with E-state index in [0.717, 1.165) is 36.5 Å². The minimum absolute atomic E-state index is 0.342. The molecule has 1 N–H and O–H groups in total. The predicted molar refractivity (Wildman–Crippen MR) is 74.1 cm³/mol. The van der Waals surface area contributed by atoms with Crippen molar-refractivity contribution >= 4 is 29.0 Å². The van der Waals surface area contributed by atoms with Gasteiger partial charge in [-0.15, -0.1) is 11.8 Å². The number of anilines is 1. The number of rotatable bonds is 3. The van der Waals surface area contributed by atoms with Gasteiger partial charge in [0.15, 0.2) is 0 Å². The first-order valence-corrected chi connectivity index (χ1v) is 7.04. The van der Waals surface area contributed by atoms with E-state index >= 15 is 0 Å². The second kappa shape index (κ2) is 4.65. The molecule has 2 heterocycles. The van der Waals surface area contributed by atoms with Crippen LogP contribution < -0.4 is 4.90 Å². The van der Waals surface area contributed by atoms with Gasteiger partial charge in [0.25, 0.3) is 0 Å². The van der Waals surface area contributed by atoms with Gasteiger partial charge in [0.1, 0.15) is 0 Å². The first-order chi connectivity index (χ1) is 8.75. The van der Waals surface area contributed by atoms with E-state index in [1.807, 2.05) is 17.7 Å². The molecule has 1 aromatic carbocycles. The lowest BCUT2D eigenvalue weighted by atomic mass is 10.1. The first-order valence-electron chi connectivity index (χ1n) is 5.99. The molecule has 1 unspecified atom stereocenters. The number of fused-ring (bicyclic) bond motifs is 1. The highest BCUT2D eigenvalue weighted by molar-refractivity contribution is 8.12. The second-order valence-electron chi connectivity index (χ2n) is 4.55. The maximum atomic E-state index is 11.2. The molecule has 0 spiro atoms. The third kappa shape index (κ3) is 1.99. The maximum absolute atomic E-state index is 11.2. The van der Waals surface area contributed by atoms with Crippen LogP contribution in [0.15, 0.2) is 23.2 Å². The summed E-state index contributed by atoms with van der Waals surface area (Å²) in [7, 11) is 0. The molecule has 4 nitrogen and oxygen atoms in total. The molecule has 0 aliphatic carbocycles. The van der Waals surface area contributed by atoms with Crippen molar-refractivity contribution in [1.82, 2.24) is 0 Å². The molecule has 0 bridgehead atoms. The van der Waals surface area contributed by atoms with Gasteiger partial charge < -0.3 is 10.0 Å². The fourth-order valence-corrected chi connectivity index (χ4v) is 3.33. The quantitative estimate of drug-likeness (QED) is 0.904. The number of aromatic carboxylic acids is 1. The number of thioether (sulfide) groups is 1. The lowest BCUT2D eigenvalue weighted by molar-refractivity contribution is 0.0696. The van der Waals surface area contributed by atoms with Crippen molar-refractivity contribution in [3.63, 3.8) is 0 Å². The molecule has 94 valence electrons. The van der Waals surface area contributed by atoms with Crippen molar-refractivity contribution in [2.45, 2.75) is 12.5 Å². The number of hydrogen-bond acceptors (Lipinski definition) is 4. The van der Waals surface area contributed by atoms with Gasteiger partial charge in [0, 0.05) is 24.5 Å². The Hall–Kier alpha value is -1.49. The van der Waals surface area contributed by atoms with E-state index in [0.29, 0.717) is 11.6 Å². The Balaban J connectivity index is 1.85. The van der Waals surface area contributed by atoms with Gasteiger partial charge in [0.2, 0.25) is 0 Å². The van der Waals surface area contributed by atoms with Crippen molar-refractivity contribution in [3.8, 4) is 0 Å². The molecule has 5 heteroatoms. The lowest BCUT2D eigenvalue weighted by Crippen LogP contribution is -2.30. The van der Waals surface area contributed by atoms with Gasteiger partial charge in [-0.05, 0) is 24.1 Å². The first kappa shape index (κ1) is 11.6. The average Bonchev–Trinajstić information content (AvgIpc) is 2.99. The highest BCUT2D eigenvalue weighted by Gasteiger charge is 2.26. The molecular formula is C13H14N2O2S. The van der Waals surface area contributed by atoms with E-state index in [9.17, 15) is 9.90 Å². The third-order valence-electron chi connectivity index (χ3n) is 3.42. The Kier molecular flexibility index (Phi) is 2.99. The smallest absolute Gasteiger partial charge is 0.336 e. The minimum Gasteiger partial charge on any atom is -0.478 e. The zero-order valence-corrected chi connectivity index (χ0v) is 10.7. The highest BCUT2D eigenvalue weighted by Crippen LogP contribution is 2.31. The number of carbonyl (C=O) groups is 1. The van der Waals surface area contributed by atoms with Crippen LogP contribution >= 0.6 is 11.8 Å². The summed E-state index contributed by atoms with van der Waals surface area (Å²) in [6.45, 7) is 1.79. The summed E-state index contributed by atoms with van der Waals surface area (Å²) in [6, 6.07) is 5.87. The fourth-order valence-electron chi connectivity index (χ4n) is 2.57. The summed E-state index contributed by atoms with van der Waals surface area (Å²) in [5.74, 6) is 0.202. The molecule has 0 saturated heterocycles. The molecule has 0 aromatic heterocycles. The SMILES string of the molecule is O=C(O)c1cccc2c1CCN2CC1CSC=N1. The normalized spacial score (nSPS) is 21.3. The number of carboxylic acid groups (broad SMARTS) is 1. The average molecular weight is 262 g/mol. The summed E-state index contributed by atoms with van der Waals surface area (Å²) in [6.07, 6.45) is 0.821. The minimum atomic E-state index is -0.830. The van der Waals surface area contributed by atoms with Crippen LogP contribution in [0.2, 0.25) is 0 Å². The summed E-state index contributed by atoms with van der Waals surface area (Å²) in [5.41, 5.74) is 4.40. The van der Waals surface area contributed by atoms with Crippen molar-refractivity contribution in [2.24, 2.45) is 4.99 Å². The zero-order valence-electron chi connectivity index (χ0n) is 9.87.